The lowest BCUT2D eigenvalue weighted by atomic mass is 10.3. The minimum Gasteiger partial charge on any atom is -0.493 e. The molecular weight excluding hydrogens is 384 g/mol. The molecule has 1 N–H and O–H groups in total. The van der Waals surface area contributed by atoms with Crippen molar-refractivity contribution in [2.45, 2.75) is 5.16 Å². The van der Waals surface area contributed by atoms with Gasteiger partial charge >= 0.3 is 0 Å². The van der Waals surface area contributed by atoms with Crippen LogP contribution in [-0.2, 0) is 0 Å². The molecule has 0 radical (unpaired) electrons. The molecule has 138 valence electrons. The van der Waals surface area contributed by atoms with Crippen molar-refractivity contribution in [2.75, 3.05) is 19.5 Å². The maximum absolute atomic E-state index is 11.7. The number of thioether (sulfide) groups is 1. The summed E-state index contributed by atoms with van der Waals surface area (Å²) in [5.74, 6) is 2.65. The van der Waals surface area contributed by atoms with Crippen LogP contribution in [0.1, 0.15) is 0 Å². The number of nitrogens with zero attached hydrogens (tertiary/aromatic N) is 3. The number of ether oxygens (including phenoxy) is 2. The number of methoxy groups -OCH3 is 1. The molecule has 1 aromatic carbocycles. The van der Waals surface area contributed by atoms with Gasteiger partial charge in [0, 0.05) is 11.8 Å². The van der Waals surface area contributed by atoms with E-state index in [4.69, 9.17) is 9.47 Å². The summed E-state index contributed by atoms with van der Waals surface area (Å²) in [4.78, 5) is 21.8. The Labute approximate surface area is 163 Å². The van der Waals surface area contributed by atoms with Crippen LogP contribution in [0.15, 0.2) is 57.8 Å². The van der Waals surface area contributed by atoms with E-state index in [1.165, 1.54) is 17.8 Å². The third-order valence-corrected chi connectivity index (χ3v) is 5.48. The standard InChI is InChI=1S/C18H16N4O3S2/c1-24-12-5-2-3-6-13(12)25-8-10-27-18-20-17(14-7-4-9-26-14)19-15-11-16(23)21-22(15)18/h2-7,9,11H,8,10H2,1H3,(H,21,23). The van der Waals surface area contributed by atoms with E-state index in [-0.39, 0.29) is 5.56 Å². The summed E-state index contributed by atoms with van der Waals surface area (Å²) in [5, 5.41) is 5.37. The summed E-state index contributed by atoms with van der Waals surface area (Å²) in [6, 6.07) is 12.9. The van der Waals surface area contributed by atoms with Crippen LogP contribution in [-0.4, -0.2) is 39.1 Å². The van der Waals surface area contributed by atoms with Gasteiger partial charge in [0.25, 0.3) is 5.56 Å². The number of para-hydroxylation sites is 2. The van der Waals surface area contributed by atoms with Crippen LogP contribution in [0.2, 0.25) is 0 Å². The van der Waals surface area contributed by atoms with E-state index < -0.39 is 0 Å². The van der Waals surface area contributed by atoms with Gasteiger partial charge in [-0.05, 0) is 23.6 Å². The fourth-order valence-electron chi connectivity index (χ4n) is 2.52. The van der Waals surface area contributed by atoms with Crippen molar-refractivity contribution in [1.82, 2.24) is 19.6 Å². The Morgan fingerprint density at radius 1 is 1.19 bits per heavy atom. The lowest BCUT2D eigenvalue weighted by molar-refractivity contribution is 0.313. The average Bonchev–Trinajstić information content (AvgIpc) is 3.34. The number of aromatic nitrogens is 4. The zero-order valence-corrected chi connectivity index (χ0v) is 16.0. The lowest BCUT2D eigenvalue weighted by Crippen LogP contribution is -2.07. The second-order valence-electron chi connectivity index (χ2n) is 5.47. The number of H-pyrrole nitrogens is 1. The molecule has 0 saturated carbocycles. The quantitative estimate of drug-likeness (QED) is 0.379. The number of benzene rings is 1. The molecular formula is C18H16N4O3S2. The molecule has 7 nitrogen and oxygen atoms in total. The van der Waals surface area contributed by atoms with Gasteiger partial charge in [0.15, 0.2) is 28.1 Å². The highest BCUT2D eigenvalue weighted by Crippen LogP contribution is 2.27. The summed E-state index contributed by atoms with van der Waals surface area (Å²) in [6.45, 7) is 0.469. The molecule has 4 rings (SSSR count). The molecule has 3 aromatic heterocycles. The summed E-state index contributed by atoms with van der Waals surface area (Å²) < 4.78 is 12.7. The predicted octanol–water partition coefficient (Wildman–Crippen LogP) is 3.33. The highest BCUT2D eigenvalue weighted by atomic mass is 32.2. The van der Waals surface area contributed by atoms with Crippen LogP contribution in [0.5, 0.6) is 11.5 Å². The van der Waals surface area contributed by atoms with Crippen molar-refractivity contribution in [3.8, 4) is 22.2 Å². The molecule has 0 fully saturated rings. The lowest BCUT2D eigenvalue weighted by Gasteiger charge is -2.10. The normalized spacial score (nSPS) is 11.0. The summed E-state index contributed by atoms with van der Waals surface area (Å²) in [6.07, 6.45) is 0. The second-order valence-corrected chi connectivity index (χ2v) is 7.48. The monoisotopic (exact) mass is 400 g/mol. The van der Waals surface area contributed by atoms with E-state index in [1.54, 1.807) is 23.0 Å². The smallest absolute Gasteiger partial charge is 0.266 e. The molecule has 0 aliphatic rings. The Balaban J connectivity index is 1.52. The average molecular weight is 400 g/mol. The van der Waals surface area contributed by atoms with E-state index >= 15 is 0 Å². The minimum atomic E-state index is -0.209. The molecule has 0 amide bonds. The number of rotatable bonds is 7. The van der Waals surface area contributed by atoms with Crippen LogP contribution in [0.3, 0.4) is 0 Å². The molecule has 4 aromatic rings. The van der Waals surface area contributed by atoms with Gasteiger partial charge < -0.3 is 9.47 Å². The molecule has 0 spiro atoms. The molecule has 0 aliphatic heterocycles. The van der Waals surface area contributed by atoms with E-state index in [0.717, 1.165) is 4.88 Å². The Morgan fingerprint density at radius 2 is 2.04 bits per heavy atom. The molecule has 9 heteroatoms. The first kappa shape index (κ1) is 17.6. The maximum atomic E-state index is 11.7. The third kappa shape index (κ3) is 3.83. The molecule has 3 heterocycles. The molecule has 0 bridgehead atoms. The summed E-state index contributed by atoms with van der Waals surface area (Å²) in [5.41, 5.74) is 0.339. The number of aromatic amines is 1. The topological polar surface area (TPSA) is 81.5 Å². The van der Waals surface area contributed by atoms with Crippen molar-refractivity contribution < 1.29 is 9.47 Å². The Kier molecular flexibility index (Phi) is 5.12. The van der Waals surface area contributed by atoms with E-state index in [9.17, 15) is 4.79 Å². The van der Waals surface area contributed by atoms with Gasteiger partial charge in [0.1, 0.15) is 0 Å². The molecule has 27 heavy (non-hydrogen) atoms. The second kappa shape index (κ2) is 7.85. The van der Waals surface area contributed by atoms with Gasteiger partial charge in [0.2, 0.25) is 0 Å². The zero-order valence-electron chi connectivity index (χ0n) is 14.4. The molecule has 0 unspecified atom stereocenters. The van der Waals surface area contributed by atoms with Crippen molar-refractivity contribution in [3.05, 3.63) is 58.2 Å². The van der Waals surface area contributed by atoms with Crippen LogP contribution < -0.4 is 15.0 Å². The van der Waals surface area contributed by atoms with Crippen LogP contribution in [0.4, 0.5) is 0 Å². The van der Waals surface area contributed by atoms with Gasteiger partial charge in [-0.15, -0.1) is 11.3 Å². The number of hydrogen-bond donors (Lipinski definition) is 1. The van der Waals surface area contributed by atoms with Crippen molar-refractivity contribution in [2.24, 2.45) is 0 Å². The third-order valence-electron chi connectivity index (χ3n) is 3.71. The highest BCUT2D eigenvalue weighted by Gasteiger charge is 2.12. The van der Waals surface area contributed by atoms with Crippen LogP contribution in [0.25, 0.3) is 16.3 Å². The van der Waals surface area contributed by atoms with Gasteiger partial charge in [-0.2, -0.15) is 0 Å². The van der Waals surface area contributed by atoms with Gasteiger partial charge in [-0.3, -0.25) is 9.89 Å². The highest BCUT2D eigenvalue weighted by molar-refractivity contribution is 7.99. The van der Waals surface area contributed by atoms with E-state index in [2.05, 4.69) is 15.1 Å². The predicted molar refractivity (Wildman–Crippen MR) is 106 cm³/mol. The van der Waals surface area contributed by atoms with Crippen LogP contribution in [0, 0.1) is 0 Å². The Morgan fingerprint density at radius 3 is 2.81 bits per heavy atom. The Bertz CT molecular complexity index is 1110. The first-order chi connectivity index (χ1) is 13.2. The maximum Gasteiger partial charge on any atom is 0.266 e. The molecule has 0 saturated heterocycles. The van der Waals surface area contributed by atoms with Gasteiger partial charge in [-0.25, -0.2) is 14.5 Å². The van der Waals surface area contributed by atoms with Gasteiger partial charge in [-0.1, -0.05) is 30.0 Å². The zero-order chi connectivity index (χ0) is 18.6. The number of hydrogen-bond acceptors (Lipinski definition) is 7. The fraction of sp³-hybridized carbons (Fsp3) is 0.167. The first-order valence-electron chi connectivity index (χ1n) is 8.17. The Hall–Kier alpha value is -2.78. The number of nitrogens with one attached hydrogen (secondary N) is 1. The minimum absolute atomic E-state index is 0.209. The number of thiophene rings is 1. The largest absolute Gasteiger partial charge is 0.493 e. The van der Waals surface area contributed by atoms with Gasteiger partial charge in [0.05, 0.1) is 18.6 Å². The van der Waals surface area contributed by atoms with Crippen molar-refractivity contribution in [1.29, 1.82) is 0 Å². The SMILES string of the molecule is COc1ccccc1OCCSc1nc(-c2cccs2)nc2cc(=O)[nH]n12. The molecule has 0 atom stereocenters. The van der Waals surface area contributed by atoms with Crippen LogP contribution >= 0.6 is 23.1 Å². The summed E-state index contributed by atoms with van der Waals surface area (Å²) in [7, 11) is 1.61. The fourth-order valence-corrected chi connectivity index (χ4v) is 3.95. The van der Waals surface area contributed by atoms with E-state index in [0.29, 0.717) is 40.5 Å². The van der Waals surface area contributed by atoms with Crippen molar-refractivity contribution in [3.63, 3.8) is 0 Å². The first-order valence-corrected chi connectivity index (χ1v) is 10.0. The van der Waals surface area contributed by atoms with Crippen molar-refractivity contribution >= 4 is 28.7 Å². The molecule has 0 aliphatic carbocycles. The summed E-state index contributed by atoms with van der Waals surface area (Å²) >= 11 is 3.05. The number of fused-ring (bicyclic) bond motifs is 1. The van der Waals surface area contributed by atoms with E-state index in [1.807, 2.05) is 41.8 Å².